The van der Waals surface area contributed by atoms with Crippen LogP contribution in [0.3, 0.4) is 0 Å². The van der Waals surface area contributed by atoms with E-state index >= 15 is 0 Å². The molecular formula is C11H10Br2N2O3. The van der Waals surface area contributed by atoms with E-state index in [0.29, 0.717) is 17.5 Å². The van der Waals surface area contributed by atoms with Gasteiger partial charge in [0.25, 0.3) is 5.89 Å². The Labute approximate surface area is 120 Å². The first kappa shape index (κ1) is 13.5. The smallest absolute Gasteiger partial charge is 0.253 e. The molecule has 1 aromatic heterocycles. The topological polar surface area (TPSA) is 68.4 Å². The number of aliphatic hydroxyl groups is 1. The van der Waals surface area contributed by atoms with Crippen molar-refractivity contribution in [3.05, 3.63) is 38.4 Å². The number of nitrogens with zero attached hydrogens (tertiary/aromatic N) is 2. The summed E-state index contributed by atoms with van der Waals surface area (Å²) in [6.45, 7) is 1.88. The number of hydrogen-bond acceptors (Lipinski definition) is 5. The molecule has 0 atom stereocenters. The Morgan fingerprint density at radius 3 is 2.44 bits per heavy atom. The van der Waals surface area contributed by atoms with Crippen LogP contribution in [0.2, 0.25) is 0 Å². The number of halogens is 2. The number of rotatable bonds is 4. The van der Waals surface area contributed by atoms with Crippen LogP contribution in [0, 0.1) is 6.92 Å². The summed E-state index contributed by atoms with van der Waals surface area (Å²) in [5, 5.41) is 16.6. The van der Waals surface area contributed by atoms with E-state index in [0.717, 1.165) is 14.5 Å². The monoisotopic (exact) mass is 376 g/mol. The average Bonchev–Trinajstić information content (AvgIpc) is 2.73. The van der Waals surface area contributed by atoms with Crippen molar-refractivity contribution >= 4 is 31.9 Å². The molecule has 0 radical (unpaired) electrons. The molecule has 0 aliphatic rings. The van der Waals surface area contributed by atoms with Gasteiger partial charge in [-0.1, -0.05) is 0 Å². The predicted molar refractivity (Wildman–Crippen MR) is 71.1 cm³/mol. The second-order valence-electron chi connectivity index (χ2n) is 3.55. The minimum atomic E-state index is -0.0274. The minimum Gasteiger partial charge on any atom is -0.481 e. The van der Waals surface area contributed by atoms with E-state index in [9.17, 15) is 0 Å². The van der Waals surface area contributed by atoms with Crippen molar-refractivity contribution in [3.8, 4) is 5.75 Å². The number of ether oxygens (including phenoxy) is 1. The lowest BCUT2D eigenvalue weighted by Crippen LogP contribution is -1.98. The van der Waals surface area contributed by atoms with Gasteiger partial charge in [0.05, 0.1) is 15.6 Å². The molecule has 0 fully saturated rings. The lowest BCUT2D eigenvalue weighted by molar-refractivity contribution is 0.256. The second-order valence-corrected chi connectivity index (χ2v) is 5.26. The Balaban J connectivity index is 2.14. The minimum absolute atomic E-state index is 0.0274. The highest BCUT2D eigenvalue weighted by Crippen LogP contribution is 2.35. The van der Waals surface area contributed by atoms with Crippen molar-refractivity contribution in [2.75, 3.05) is 0 Å². The number of aliphatic hydroxyl groups excluding tert-OH is 1. The van der Waals surface area contributed by atoms with Crippen molar-refractivity contribution in [1.29, 1.82) is 0 Å². The molecule has 0 saturated carbocycles. The zero-order chi connectivity index (χ0) is 13.1. The third kappa shape index (κ3) is 3.09. The third-order valence-electron chi connectivity index (χ3n) is 2.15. The highest BCUT2D eigenvalue weighted by atomic mass is 79.9. The number of aromatic nitrogens is 2. The van der Waals surface area contributed by atoms with E-state index < -0.39 is 0 Å². The first-order chi connectivity index (χ1) is 8.60. The maximum atomic E-state index is 9.07. The van der Waals surface area contributed by atoms with Crippen LogP contribution < -0.4 is 4.74 Å². The van der Waals surface area contributed by atoms with E-state index in [1.807, 2.05) is 0 Å². The molecule has 0 aliphatic heterocycles. The Morgan fingerprint density at radius 1 is 1.28 bits per heavy atom. The average molecular weight is 378 g/mol. The molecule has 1 aromatic carbocycles. The summed E-state index contributed by atoms with van der Waals surface area (Å²) in [6.07, 6.45) is 0. The summed E-state index contributed by atoms with van der Waals surface area (Å²) in [4.78, 5) is 0. The van der Waals surface area contributed by atoms with Crippen LogP contribution in [0.4, 0.5) is 0 Å². The Kier molecular flexibility index (Phi) is 4.36. The normalized spacial score (nSPS) is 10.7. The van der Waals surface area contributed by atoms with Crippen molar-refractivity contribution in [2.45, 2.75) is 20.1 Å². The number of hydrogen-bond donors (Lipinski definition) is 1. The lowest BCUT2D eigenvalue weighted by Gasteiger charge is -2.10. The van der Waals surface area contributed by atoms with Gasteiger partial charge < -0.3 is 14.3 Å². The van der Waals surface area contributed by atoms with Crippen molar-refractivity contribution in [1.82, 2.24) is 10.2 Å². The van der Waals surface area contributed by atoms with E-state index in [-0.39, 0.29) is 13.2 Å². The summed E-state index contributed by atoms with van der Waals surface area (Å²) in [5.74, 6) is 1.54. The van der Waals surface area contributed by atoms with Gasteiger partial charge in [-0.3, -0.25) is 0 Å². The van der Waals surface area contributed by atoms with Gasteiger partial charge in [0.2, 0.25) is 5.89 Å². The first-order valence-electron chi connectivity index (χ1n) is 5.10. The standard InChI is InChI=1S/C11H10Br2N2O3/c1-6-14-15-10(18-6)5-17-11-8(12)2-7(4-16)3-9(11)13/h2-3,16H,4-5H2,1H3. The molecule has 0 bridgehead atoms. The fourth-order valence-electron chi connectivity index (χ4n) is 1.37. The highest BCUT2D eigenvalue weighted by Gasteiger charge is 2.11. The third-order valence-corrected chi connectivity index (χ3v) is 3.33. The van der Waals surface area contributed by atoms with Gasteiger partial charge in [-0.25, -0.2) is 0 Å². The van der Waals surface area contributed by atoms with Crippen LogP contribution in [0.15, 0.2) is 25.5 Å². The molecule has 96 valence electrons. The van der Waals surface area contributed by atoms with E-state index in [1.165, 1.54) is 0 Å². The number of benzene rings is 1. The molecule has 0 aliphatic carbocycles. The fraction of sp³-hybridized carbons (Fsp3) is 0.273. The molecular weight excluding hydrogens is 368 g/mol. The zero-order valence-electron chi connectivity index (χ0n) is 9.48. The summed E-state index contributed by atoms with van der Waals surface area (Å²) >= 11 is 6.77. The Morgan fingerprint density at radius 2 is 1.94 bits per heavy atom. The molecule has 0 saturated heterocycles. The summed E-state index contributed by atoms with van der Waals surface area (Å²) < 4.78 is 12.3. The van der Waals surface area contributed by atoms with Gasteiger partial charge in [0.1, 0.15) is 5.75 Å². The zero-order valence-corrected chi connectivity index (χ0v) is 12.7. The van der Waals surface area contributed by atoms with E-state index in [2.05, 4.69) is 42.1 Å². The molecule has 5 nitrogen and oxygen atoms in total. The van der Waals surface area contributed by atoms with Gasteiger partial charge in [-0.05, 0) is 49.6 Å². The van der Waals surface area contributed by atoms with Crippen LogP contribution in [-0.4, -0.2) is 15.3 Å². The van der Waals surface area contributed by atoms with Gasteiger partial charge in [-0.15, -0.1) is 10.2 Å². The van der Waals surface area contributed by atoms with Crippen LogP contribution in [0.5, 0.6) is 5.75 Å². The summed E-state index contributed by atoms with van der Waals surface area (Å²) in [5.41, 5.74) is 0.787. The van der Waals surface area contributed by atoms with Crippen LogP contribution >= 0.6 is 31.9 Å². The molecule has 0 amide bonds. The molecule has 2 rings (SSSR count). The molecule has 2 aromatic rings. The predicted octanol–water partition coefficient (Wildman–Crippen LogP) is 2.97. The van der Waals surface area contributed by atoms with Crippen LogP contribution in [-0.2, 0) is 13.2 Å². The molecule has 18 heavy (non-hydrogen) atoms. The lowest BCUT2D eigenvalue weighted by atomic mass is 10.2. The van der Waals surface area contributed by atoms with E-state index in [4.69, 9.17) is 14.3 Å². The van der Waals surface area contributed by atoms with Gasteiger partial charge in [0.15, 0.2) is 6.61 Å². The summed E-state index contributed by atoms with van der Waals surface area (Å²) in [7, 11) is 0. The second kappa shape index (κ2) is 5.81. The van der Waals surface area contributed by atoms with Crippen molar-refractivity contribution in [3.63, 3.8) is 0 Å². The van der Waals surface area contributed by atoms with Crippen molar-refractivity contribution < 1.29 is 14.3 Å². The largest absolute Gasteiger partial charge is 0.481 e. The first-order valence-corrected chi connectivity index (χ1v) is 6.69. The highest BCUT2D eigenvalue weighted by molar-refractivity contribution is 9.11. The van der Waals surface area contributed by atoms with Gasteiger partial charge >= 0.3 is 0 Å². The Bertz CT molecular complexity index is 534. The van der Waals surface area contributed by atoms with Gasteiger partial charge in [0, 0.05) is 6.92 Å². The SMILES string of the molecule is Cc1nnc(COc2c(Br)cc(CO)cc2Br)o1. The van der Waals surface area contributed by atoms with Crippen molar-refractivity contribution in [2.24, 2.45) is 0 Å². The van der Waals surface area contributed by atoms with Crippen LogP contribution in [0.25, 0.3) is 0 Å². The number of aryl methyl sites for hydroxylation is 1. The van der Waals surface area contributed by atoms with Gasteiger partial charge in [-0.2, -0.15) is 0 Å². The molecule has 7 heteroatoms. The van der Waals surface area contributed by atoms with E-state index in [1.54, 1.807) is 19.1 Å². The maximum Gasteiger partial charge on any atom is 0.253 e. The maximum absolute atomic E-state index is 9.07. The molecule has 0 spiro atoms. The quantitative estimate of drug-likeness (QED) is 0.886. The Hall–Kier alpha value is -0.920. The molecule has 1 heterocycles. The summed E-state index contributed by atoms with van der Waals surface area (Å²) in [6, 6.07) is 3.58. The fourth-order valence-corrected chi connectivity index (χ4v) is 2.88. The van der Waals surface area contributed by atoms with Crippen LogP contribution in [0.1, 0.15) is 17.3 Å². The molecule has 0 unspecified atom stereocenters. The molecule has 1 N–H and O–H groups in total.